The van der Waals surface area contributed by atoms with Crippen LogP contribution in [0.5, 0.6) is 0 Å². The van der Waals surface area contributed by atoms with Crippen molar-refractivity contribution in [3.8, 4) is 0 Å². The molecule has 3 N–H and O–H groups in total. The molecular formula is C20H28O4. The fourth-order valence-electron chi connectivity index (χ4n) is 7.10. The minimum atomic E-state index is -1.09. The molecule has 9 atom stereocenters. The van der Waals surface area contributed by atoms with Gasteiger partial charge >= 0.3 is 0 Å². The zero-order valence-electron chi connectivity index (χ0n) is 14.9. The van der Waals surface area contributed by atoms with Crippen LogP contribution in [-0.4, -0.2) is 44.8 Å². The van der Waals surface area contributed by atoms with E-state index >= 15 is 0 Å². The Morgan fingerprint density at radius 1 is 1.17 bits per heavy atom. The number of aliphatic hydroxyl groups excluding tert-OH is 2. The van der Waals surface area contributed by atoms with E-state index in [-0.39, 0.29) is 11.8 Å². The fourth-order valence-corrected chi connectivity index (χ4v) is 7.10. The van der Waals surface area contributed by atoms with Crippen LogP contribution in [0.25, 0.3) is 0 Å². The molecule has 1 spiro atoms. The number of hydrogen-bond acceptors (Lipinski definition) is 4. The number of ether oxygens (including phenoxy) is 1. The third kappa shape index (κ3) is 1.18. The normalized spacial score (nSPS) is 63.7. The highest BCUT2D eigenvalue weighted by atomic mass is 16.6. The molecule has 24 heavy (non-hydrogen) atoms. The quantitative estimate of drug-likeness (QED) is 0.593. The van der Waals surface area contributed by atoms with E-state index in [1.165, 1.54) is 0 Å². The van der Waals surface area contributed by atoms with Crippen LogP contribution in [0.15, 0.2) is 23.3 Å². The van der Waals surface area contributed by atoms with E-state index in [1.54, 1.807) is 0 Å². The molecule has 0 radical (unpaired) electrons. The second-order valence-corrected chi connectivity index (χ2v) is 9.45. The number of rotatable bonds is 0. The molecule has 3 aliphatic carbocycles. The van der Waals surface area contributed by atoms with Gasteiger partial charge < -0.3 is 20.1 Å². The van der Waals surface area contributed by atoms with Crippen molar-refractivity contribution in [2.24, 2.45) is 22.7 Å². The molecule has 0 aromatic rings. The van der Waals surface area contributed by atoms with Crippen molar-refractivity contribution >= 4 is 0 Å². The third-order valence-corrected chi connectivity index (χ3v) is 8.84. The summed E-state index contributed by atoms with van der Waals surface area (Å²) in [4.78, 5) is 0. The van der Waals surface area contributed by atoms with Gasteiger partial charge in [0.1, 0.15) is 23.4 Å². The first-order valence-electron chi connectivity index (χ1n) is 9.29. The van der Waals surface area contributed by atoms with Crippen molar-refractivity contribution < 1.29 is 20.1 Å². The largest absolute Gasteiger partial charge is 0.392 e. The van der Waals surface area contributed by atoms with E-state index in [4.69, 9.17) is 4.74 Å². The Balaban J connectivity index is 1.84. The molecule has 3 fully saturated rings. The van der Waals surface area contributed by atoms with Crippen LogP contribution in [0.3, 0.4) is 0 Å². The monoisotopic (exact) mass is 332 g/mol. The number of hydrogen-bond donors (Lipinski definition) is 3. The Morgan fingerprint density at radius 3 is 2.58 bits per heavy atom. The summed E-state index contributed by atoms with van der Waals surface area (Å²) in [6.07, 6.45) is 4.73. The van der Waals surface area contributed by atoms with Crippen LogP contribution in [-0.2, 0) is 4.74 Å². The molecule has 5 aliphatic rings. The zero-order chi connectivity index (χ0) is 17.3. The van der Waals surface area contributed by atoms with Gasteiger partial charge in [0.05, 0.1) is 6.10 Å². The van der Waals surface area contributed by atoms with E-state index in [2.05, 4.69) is 32.9 Å². The summed E-state index contributed by atoms with van der Waals surface area (Å²) >= 11 is 0. The summed E-state index contributed by atoms with van der Waals surface area (Å²) in [5, 5.41) is 34.3. The second-order valence-electron chi connectivity index (χ2n) is 9.45. The average Bonchev–Trinajstić information content (AvgIpc) is 2.96. The highest BCUT2D eigenvalue weighted by Gasteiger charge is 2.85. The SMILES string of the molecule is CC1=CC[C@H]2[C@]3(O[C@H]4[C@]2(C)[C@@H](O)C[C@@]2(C)[C@H](C)CC=C3[C@@]42O)[C@H]1O. The Kier molecular flexibility index (Phi) is 2.60. The van der Waals surface area contributed by atoms with Gasteiger partial charge in [-0.05, 0) is 43.3 Å². The molecule has 2 saturated heterocycles. The van der Waals surface area contributed by atoms with E-state index in [0.29, 0.717) is 6.42 Å². The summed E-state index contributed by atoms with van der Waals surface area (Å²) in [5.41, 5.74) is -1.10. The van der Waals surface area contributed by atoms with Gasteiger partial charge in [0.2, 0.25) is 0 Å². The zero-order valence-corrected chi connectivity index (χ0v) is 14.9. The van der Waals surface area contributed by atoms with Crippen LogP contribution in [0.4, 0.5) is 0 Å². The van der Waals surface area contributed by atoms with Crippen LogP contribution in [0.2, 0.25) is 0 Å². The van der Waals surface area contributed by atoms with Gasteiger partial charge in [-0.3, -0.25) is 0 Å². The van der Waals surface area contributed by atoms with Crippen molar-refractivity contribution in [3.63, 3.8) is 0 Å². The van der Waals surface area contributed by atoms with Gasteiger partial charge in [0.25, 0.3) is 0 Å². The van der Waals surface area contributed by atoms with Crippen molar-refractivity contribution in [2.75, 3.05) is 0 Å². The predicted molar refractivity (Wildman–Crippen MR) is 89.1 cm³/mol. The highest BCUT2D eigenvalue weighted by Crippen LogP contribution is 2.77. The summed E-state index contributed by atoms with van der Waals surface area (Å²) in [5.74, 6) is 0.272. The van der Waals surface area contributed by atoms with Gasteiger partial charge in [0, 0.05) is 16.7 Å². The van der Waals surface area contributed by atoms with Gasteiger partial charge in [-0.1, -0.05) is 32.9 Å². The summed E-state index contributed by atoms with van der Waals surface area (Å²) in [7, 11) is 0. The minimum absolute atomic E-state index is 0.00758. The maximum absolute atomic E-state index is 12.0. The molecular weight excluding hydrogens is 304 g/mol. The van der Waals surface area contributed by atoms with Crippen molar-refractivity contribution in [3.05, 3.63) is 23.3 Å². The van der Waals surface area contributed by atoms with Gasteiger partial charge in [0.15, 0.2) is 0 Å². The van der Waals surface area contributed by atoms with Crippen molar-refractivity contribution in [2.45, 2.75) is 76.5 Å². The molecule has 0 amide bonds. The first kappa shape index (κ1) is 15.6. The first-order valence-corrected chi connectivity index (χ1v) is 9.29. The van der Waals surface area contributed by atoms with Gasteiger partial charge in [-0.25, -0.2) is 0 Å². The molecule has 2 aliphatic heterocycles. The van der Waals surface area contributed by atoms with Crippen LogP contribution in [0.1, 0.15) is 47.0 Å². The smallest absolute Gasteiger partial charge is 0.126 e. The van der Waals surface area contributed by atoms with Crippen molar-refractivity contribution in [1.82, 2.24) is 0 Å². The van der Waals surface area contributed by atoms with Crippen LogP contribution >= 0.6 is 0 Å². The van der Waals surface area contributed by atoms with Gasteiger partial charge in [-0.2, -0.15) is 0 Å². The molecule has 132 valence electrons. The first-order chi connectivity index (χ1) is 11.1. The second kappa shape index (κ2) is 4.01. The Morgan fingerprint density at radius 2 is 1.88 bits per heavy atom. The van der Waals surface area contributed by atoms with Crippen LogP contribution < -0.4 is 0 Å². The molecule has 2 bridgehead atoms. The average molecular weight is 332 g/mol. The molecule has 1 saturated carbocycles. The third-order valence-electron chi connectivity index (χ3n) is 8.84. The van der Waals surface area contributed by atoms with Crippen LogP contribution in [0, 0.1) is 22.7 Å². The molecule has 0 unspecified atom stereocenters. The lowest BCUT2D eigenvalue weighted by molar-refractivity contribution is -0.231. The topological polar surface area (TPSA) is 69.9 Å². The molecule has 0 aromatic carbocycles. The summed E-state index contributed by atoms with van der Waals surface area (Å²) in [6.45, 7) is 8.25. The lowest BCUT2D eigenvalue weighted by Crippen LogP contribution is -2.75. The van der Waals surface area contributed by atoms with E-state index in [1.807, 2.05) is 6.92 Å². The van der Waals surface area contributed by atoms with Gasteiger partial charge in [-0.15, -0.1) is 0 Å². The lowest BCUT2D eigenvalue weighted by Gasteiger charge is -2.66. The Bertz CT molecular complexity index is 698. The maximum Gasteiger partial charge on any atom is 0.126 e. The standard InChI is InChI=1S/C20H28O4/c1-10-5-7-12-18(4)14(21)9-17(3)11(2)6-8-13-19(12,15(10)22)24-16(18)20(13,17)23/h5,8,11-12,14-16,21-23H,6-7,9H2,1-4H3/t11-,12-,14+,15+,16+,17+,18+,19-,20-/m1/s1. The molecule has 5 rings (SSSR count). The Labute approximate surface area is 143 Å². The number of allylic oxidation sites excluding steroid dienone is 2. The number of aliphatic hydroxyl groups is 3. The summed E-state index contributed by atoms with van der Waals surface area (Å²) < 4.78 is 6.55. The number of fused-ring (bicyclic) bond motifs is 1. The minimum Gasteiger partial charge on any atom is -0.392 e. The molecule has 4 nitrogen and oxygen atoms in total. The fraction of sp³-hybridized carbons (Fsp3) is 0.800. The molecule has 0 aromatic heterocycles. The predicted octanol–water partition coefficient (Wildman–Crippen LogP) is 1.94. The van der Waals surface area contributed by atoms with E-state index in [0.717, 1.165) is 24.0 Å². The highest BCUT2D eigenvalue weighted by molar-refractivity contribution is 5.52. The van der Waals surface area contributed by atoms with E-state index < -0.39 is 40.3 Å². The molecule has 4 heteroatoms. The maximum atomic E-state index is 12.0. The molecule has 2 heterocycles. The Hall–Kier alpha value is -0.680. The lowest BCUT2D eigenvalue weighted by atomic mass is 9.38. The van der Waals surface area contributed by atoms with E-state index in [9.17, 15) is 15.3 Å². The van der Waals surface area contributed by atoms with Crippen molar-refractivity contribution in [1.29, 1.82) is 0 Å². The summed E-state index contributed by atoms with van der Waals surface area (Å²) in [6, 6.07) is 0.